The molecule has 0 aliphatic carbocycles. The molecule has 2 saturated heterocycles. The van der Waals surface area contributed by atoms with Crippen LogP contribution in [0.3, 0.4) is 0 Å². The molecule has 2 rings (SSSR count). The summed E-state index contributed by atoms with van der Waals surface area (Å²) in [4.78, 5) is 2.70. The van der Waals surface area contributed by atoms with Gasteiger partial charge >= 0.3 is 0 Å². The van der Waals surface area contributed by atoms with E-state index in [0.29, 0.717) is 18.1 Å². The lowest BCUT2D eigenvalue weighted by Gasteiger charge is -2.49. The van der Waals surface area contributed by atoms with E-state index in [1.165, 1.54) is 6.42 Å². The molecule has 0 spiro atoms. The monoisotopic (exact) mass is 226 g/mol. The van der Waals surface area contributed by atoms with Crippen molar-refractivity contribution in [2.24, 2.45) is 5.92 Å². The topological polar surface area (TPSA) is 24.5 Å². The van der Waals surface area contributed by atoms with Gasteiger partial charge in [-0.25, -0.2) is 0 Å². The molecule has 3 unspecified atom stereocenters. The highest BCUT2D eigenvalue weighted by molar-refractivity contribution is 5.00. The molecule has 0 aromatic heterocycles. The molecule has 16 heavy (non-hydrogen) atoms. The Bertz CT molecular complexity index is 244. The highest BCUT2D eigenvalue weighted by Gasteiger charge is 2.45. The van der Waals surface area contributed by atoms with E-state index in [-0.39, 0.29) is 5.54 Å². The molecule has 94 valence electrons. The summed E-state index contributed by atoms with van der Waals surface area (Å²) in [5.74, 6) is 0.706. The lowest BCUT2D eigenvalue weighted by atomic mass is 9.87. The molecule has 2 aliphatic rings. The minimum Gasteiger partial charge on any atom is -0.377 e. The van der Waals surface area contributed by atoms with E-state index in [1.807, 2.05) is 0 Å². The predicted octanol–water partition coefficient (Wildman–Crippen LogP) is 1.48. The second kappa shape index (κ2) is 4.63. The maximum atomic E-state index is 5.79. The van der Waals surface area contributed by atoms with Crippen LogP contribution in [-0.2, 0) is 4.74 Å². The fraction of sp³-hybridized carbons (Fsp3) is 1.00. The van der Waals surface area contributed by atoms with Gasteiger partial charge in [0.25, 0.3) is 0 Å². The quantitative estimate of drug-likeness (QED) is 0.772. The van der Waals surface area contributed by atoms with Gasteiger partial charge in [-0.3, -0.25) is 4.90 Å². The molecule has 0 aromatic carbocycles. The standard InChI is InChI=1S/C13H26N2O/c1-10(2)12-9-14-6-7-15(12)13(4)5-8-16-11(13)3/h10-12,14H,5-9H2,1-4H3. The van der Waals surface area contributed by atoms with Crippen LogP contribution in [0.5, 0.6) is 0 Å². The van der Waals surface area contributed by atoms with Crippen LogP contribution in [0.25, 0.3) is 0 Å². The predicted molar refractivity (Wildman–Crippen MR) is 66.6 cm³/mol. The van der Waals surface area contributed by atoms with Crippen molar-refractivity contribution in [1.29, 1.82) is 0 Å². The van der Waals surface area contributed by atoms with Gasteiger partial charge in [-0.2, -0.15) is 0 Å². The zero-order valence-corrected chi connectivity index (χ0v) is 11.1. The van der Waals surface area contributed by atoms with Crippen molar-refractivity contribution in [2.45, 2.75) is 51.8 Å². The molecule has 0 aromatic rings. The van der Waals surface area contributed by atoms with Crippen molar-refractivity contribution < 1.29 is 4.74 Å². The van der Waals surface area contributed by atoms with Crippen LogP contribution in [0, 0.1) is 5.92 Å². The molecule has 0 saturated carbocycles. The number of ether oxygens (including phenoxy) is 1. The van der Waals surface area contributed by atoms with Crippen molar-refractivity contribution >= 4 is 0 Å². The smallest absolute Gasteiger partial charge is 0.0728 e. The molecular weight excluding hydrogens is 200 g/mol. The number of hydrogen-bond donors (Lipinski definition) is 1. The van der Waals surface area contributed by atoms with Crippen molar-refractivity contribution in [3.8, 4) is 0 Å². The van der Waals surface area contributed by atoms with Gasteiger partial charge in [0.1, 0.15) is 0 Å². The van der Waals surface area contributed by atoms with E-state index in [9.17, 15) is 0 Å². The van der Waals surface area contributed by atoms with Crippen molar-refractivity contribution in [3.05, 3.63) is 0 Å². The maximum Gasteiger partial charge on any atom is 0.0728 e. The summed E-state index contributed by atoms with van der Waals surface area (Å²) in [6.45, 7) is 13.6. The van der Waals surface area contributed by atoms with Gasteiger partial charge in [0, 0.05) is 37.8 Å². The summed E-state index contributed by atoms with van der Waals surface area (Å²) >= 11 is 0. The fourth-order valence-electron chi connectivity index (χ4n) is 3.16. The second-order valence-corrected chi connectivity index (χ2v) is 5.83. The van der Waals surface area contributed by atoms with Crippen LogP contribution in [0.4, 0.5) is 0 Å². The zero-order chi connectivity index (χ0) is 11.8. The van der Waals surface area contributed by atoms with Gasteiger partial charge in [-0.15, -0.1) is 0 Å². The Morgan fingerprint density at radius 2 is 2.19 bits per heavy atom. The SMILES string of the molecule is CC(C)C1CNCCN1C1(C)CCOC1C. The Morgan fingerprint density at radius 3 is 2.75 bits per heavy atom. The molecular formula is C13H26N2O. The van der Waals surface area contributed by atoms with Crippen LogP contribution in [-0.4, -0.2) is 48.8 Å². The summed E-state index contributed by atoms with van der Waals surface area (Å²) in [5, 5.41) is 3.52. The van der Waals surface area contributed by atoms with E-state index in [2.05, 4.69) is 37.9 Å². The molecule has 1 N–H and O–H groups in total. The zero-order valence-electron chi connectivity index (χ0n) is 11.1. The third-order valence-corrected chi connectivity index (χ3v) is 4.56. The second-order valence-electron chi connectivity index (χ2n) is 5.83. The average molecular weight is 226 g/mol. The normalized spacial score (nSPS) is 41.8. The van der Waals surface area contributed by atoms with E-state index >= 15 is 0 Å². The molecule has 3 heteroatoms. The summed E-state index contributed by atoms with van der Waals surface area (Å²) in [6.07, 6.45) is 1.55. The molecule has 2 fully saturated rings. The van der Waals surface area contributed by atoms with Crippen molar-refractivity contribution in [3.63, 3.8) is 0 Å². The van der Waals surface area contributed by atoms with Gasteiger partial charge in [-0.05, 0) is 26.2 Å². The number of nitrogens with one attached hydrogen (secondary N) is 1. The number of hydrogen-bond acceptors (Lipinski definition) is 3. The van der Waals surface area contributed by atoms with Crippen molar-refractivity contribution in [1.82, 2.24) is 10.2 Å². The lowest BCUT2D eigenvalue weighted by Crippen LogP contribution is -2.63. The lowest BCUT2D eigenvalue weighted by molar-refractivity contribution is -0.0267. The Kier molecular flexibility index (Phi) is 3.57. The van der Waals surface area contributed by atoms with E-state index in [0.717, 1.165) is 26.2 Å². The van der Waals surface area contributed by atoms with Gasteiger partial charge in [-0.1, -0.05) is 13.8 Å². The van der Waals surface area contributed by atoms with Crippen LogP contribution in [0.1, 0.15) is 34.1 Å². The highest BCUT2D eigenvalue weighted by atomic mass is 16.5. The fourth-order valence-corrected chi connectivity index (χ4v) is 3.16. The van der Waals surface area contributed by atoms with Gasteiger partial charge in [0.2, 0.25) is 0 Å². The highest BCUT2D eigenvalue weighted by Crippen LogP contribution is 2.35. The van der Waals surface area contributed by atoms with Gasteiger partial charge in [0.15, 0.2) is 0 Å². The third-order valence-electron chi connectivity index (χ3n) is 4.56. The maximum absolute atomic E-state index is 5.79. The summed E-state index contributed by atoms with van der Waals surface area (Å²) in [5.41, 5.74) is 0.247. The Morgan fingerprint density at radius 1 is 1.44 bits per heavy atom. The minimum absolute atomic E-state index is 0.247. The van der Waals surface area contributed by atoms with E-state index in [1.54, 1.807) is 0 Å². The molecule has 2 heterocycles. The first kappa shape index (κ1) is 12.3. The van der Waals surface area contributed by atoms with Crippen LogP contribution in [0.15, 0.2) is 0 Å². The first-order valence-electron chi connectivity index (χ1n) is 6.65. The number of nitrogens with zero attached hydrogens (tertiary/aromatic N) is 1. The molecule has 0 amide bonds. The van der Waals surface area contributed by atoms with Crippen LogP contribution < -0.4 is 5.32 Å². The molecule has 0 radical (unpaired) electrons. The number of piperazine rings is 1. The minimum atomic E-state index is 0.247. The molecule has 0 bridgehead atoms. The van der Waals surface area contributed by atoms with Crippen molar-refractivity contribution in [2.75, 3.05) is 26.2 Å². The summed E-state index contributed by atoms with van der Waals surface area (Å²) < 4.78 is 5.79. The average Bonchev–Trinajstić information content (AvgIpc) is 2.60. The Balaban J connectivity index is 2.16. The van der Waals surface area contributed by atoms with Gasteiger partial charge in [0.05, 0.1) is 6.10 Å². The molecule has 3 atom stereocenters. The van der Waals surface area contributed by atoms with Crippen LogP contribution >= 0.6 is 0 Å². The van der Waals surface area contributed by atoms with E-state index < -0.39 is 0 Å². The first-order valence-corrected chi connectivity index (χ1v) is 6.65. The first-order chi connectivity index (χ1) is 7.55. The van der Waals surface area contributed by atoms with E-state index in [4.69, 9.17) is 4.74 Å². The van der Waals surface area contributed by atoms with Gasteiger partial charge < -0.3 is 10.1 Å². The Labute approximate surface area is 99.5 Å². The largest absolute Gasteiger partial charge is 0.377 e. The Hall–Kier alpha value is -0.120. The number of rotatable bonds is 2. The molecule has 3 nitrogen and oxygen atoms in total. The third kappa shape index (κ3) is 2.01. The summed E-state index contributed by atoms with van der Waals surface area (Å²) in [6, 6.07) is 0.655. The molecule has 2 aliphatic heterocycles. The van der Waals surface area contributed by atoms with Crippen LogP contribution in [0.2, 0.25) is 0 Å². The summed E-state index contributed by atoms with van der Waals surface area (Å²) in [7, 11) is 0.